The molecule has 140 valence electrons. The molecule has 5 nitrogen and oxygen atoms in total. The van der Waals surface area contributed by atoms with Crippen LogP contribution >= 0.6 is 0 Å². The van der Waals surface area contributed by atoms with Crippen LogP contribution in [0.3, 0.4) is 0 Å². The number of methoxy groups -OCH3 is 1. The van der Waals surface area contributed by atoms with Crippen LogP contribution in [0.2, 0.25) is 0 Å². The van der Waals surface area contributed by atoms with Gasteiger partial charge in [-0.05, 0) is 37.8 Å². The fraction of sp³-hybridized carbons (Fsp3) is 0.600. The van der Waals surface area contributed by atoms with Crippen molar-refractivity contribution in [3.8, 4) is 0 Å². The van der Waals surface area contributed by atoms with Crippen LogP contribution < -0.4 is 4.90 Å². The van der Waals surface area contributed by atoms with Crippen molar-refractivity contribution in [3.05, 3.63) is 29.6 Å². The SMILES string of the molecule is COC(=O)C1CCN(C(=O)CN2CC3(CCC3)c3c(F)cccc32)CC1. The highest BCUT2D eigenvalue weighted by Crippen LogP contribution is 2.53. The van der Waals surface area contributed by atoms with E-state index in [1.54, 1.807) is 6.07 Å². The molecule has 1 saturated heterocycles. The van der Waals surface area contributed by atoms with Crippen molar-refractivity contribution in [3.63, 3.8) is 0 Å². The molecule has 4 rings (SSSR count). The van der Waals surface area contributed by atoms with Crippen molar-refractivity contribution in [2.45, 2.75) is 37.5 Å². The average molecular weight is 360 g/mol. The Kier molecular flexibility index (Phi) is 4.37. The van der Waals surface area contributed by atoms with E-state index in [0.29, 0.717) is 25.9 Å². The third-order valence-electron chi connectivity index (χ3n) is 6.38. The minimum absolute atomic E-state index is 0.0555. The number of carbonyl (C=O) groups is 2. The van der Waals surface area contributed by atoms with Gasteiger partial charge in [-0.25, -0.2) is 4.39 Å². The molecule has 0 atom stereocenters. The van der Waals surface area contributed by atoms with Crippen molar-refractivity contribution in [1.82, 2.24) is 4.90 Å². The second kappa shape index (κ2) is 6.56. The van der Waals surface area contributed by atoms with E-state index in [0.717, 1.165) is 37.1 Å². The molecular formula is C20H25FN2O3. The van der Waals surface area contributed by atoms with Gasteiger partial charge in [-0.2, -0.15) is 0 Å². The van der Waals surface area contributed by atoms with Gasteiger partial charge in [0, 0.05) is 36.3 Å². The lowest BCUT2D eigenvalue weighted by Crippen LogP contribution is -2.47. The molecule has 1 aromatic carbocycles. The molecule has 26 heavy (non-hydrogen) atoms. The largest absolute Gasteiger partial charge is 0.469 e. The number of hydrogen-bond acceptors (Lipinski definition) is 4. The van der Waals surface area contributed by atoms with Crippen molar-refractivity contribution < 1.29 is 18.7 Å². The fourth-order valence-electron chi connectivity index (χ4n) is 4.78. The lowest BCUT2D eigenvalue weighted by Gasteiger charge is -2.39. The number of likely N-dealkylation sites (tertiary alicyclic amines) is 1. The Balaban J connectivity index is 1.43. The first-order chi connectivity index (χ1) is 12.5. The topological polar surface area (TPSA) is 49.9 Å². The highest BCUT2D eigenvalue weighted by molar-refractivity contribution is 5.83. The van der Waals surface area contributed by atoms with E-state index in [1.165, 1.54) is 13.2 Å². The molecule has 1 aromatic rings. The zero-order valence-electron chi connectivity index (χ0n) is 15.2. The van der Waals surface area contributed by atoms with Gasteiger partial charge in [0.25, 0.3) is 0 Å². The van der Waals surface area contributed by atoms with Crippen molar-refractivity contribution in [2.24, 2.45) is 5.92 Å². The molecule has 0 unspecified atom stereocenters. The lowest BCUT2D eigenvalue weighted by molar-refractivity contribution is -0.148. The summed E-state index contributed by atoms with van der Waals surface area (Å²) in [5.41, 5.74) is 1.59. The maximum atomic E-state index is 14.5. The minimum atomic E-state index is -0.187. The number of hydrogen-bond donors (Lipinski definition) is 0. The summed E-state index contributed by atoms with van der Waals surface area (Å²) in [5.74, 6) is -0.382. The number of carbonyl (C=O) groups excluding carboxylic acids is 2. The van der Waals surface area contributed by atoms with E-state index in [-0.39, 0.29) is 35.6 Å². The van der Waals surface area contributed by atoms with Crippen LogP contribution in [0.1, 0.15) is 37.7 Å². The summed E-state index contributed by atoms with van der Waals surface area (Å²) in [6, 6.07) is 5.19. The molecule has 1 saturated carbocycles. The Morgan fingerprint density at radius 3 is 2.62 bits per heavy atom. The van der Waals surface area contributed by atoms with Gasteiger partial charge in [0.2, 0.25) is 5.91 Å². The second-order valence-electron chi connectivity index (χ2n) is 7.80. The molecule has 2 fully saturated rings. The van der Waals surface area contributed by atoms with Crippen LogP contribution in [0.25, 0.3) is 0 Å². The molecule has 6 heteroatoms. The third kappa shape index (κ3) is 2.75. The Labute approximate surface area is 153 Å². The standard InChI is InChI=1S/C20H25FN2O3/c1-26-19(25)14-6-10-22(11-7-14)17(24)12-23-13-20(8-3-9-20)18-15(21)4-2-5-16(18)23/h2,4-5,14H,3,6-13H2,1H3. The Hall–Kier alpha value is -2.11. The highest BCUT2D eigenvalue weighted by Gasteiger charge is 2.49. The van der Waals surface area contributed by atoms with Crippen LogP contribution in [-0.2, 0) is 19.7 Å². The van der Waals surface area contributed by atoms with Crippen LogP contribution in [0.15, 0.2) is 18.2 Å². The second-order valence-corrected chi connectivity index (χ2v) is 7.80. The van der Waals surface area contributed by atoms with Crippen LogP contribution in [0, 0.1) is 11.7 Å². The molecule has 0 aromatic heterocycles. The van der Waals surface area contributed by atoms with E-state index in [1.807, 2.05) is 15.9 Å². The van der Waals surface area contributed by atoms with Gasteiger partial charge in [-0.15, -0.1) is 0 Å². The first-order valence-corrected chi connectivity index (χ1v) is 9.44. The smallest absolute Gasteiger partial charge is 0.308 e. The molecule has 0 radical (unpaired) electrons. The predicted molar refractivity (Wildman–Crippen MR) is 95.5 cm³/mol. The number of halogens is 1. The van der Waals surface area contributed by atoms with E-state index in [9.17, 15) is 14.0 Å². The molecule has 1 aliphatic carbocycles. The van der Waals surface area contributed by atoms with Crippen LogP contribution in [0.5, 0.6) is 0 Å². The average Bonchev–Trinajstić information content (AvgIpc) is 2.97. The van der Waals surface area contributed by atoms with Gasteiger partial charge in [-0.3, -0.25) is 9.59 Å². The molecule has 2 aliphatic heterocycles. The van der Waals surface area contributed by atoms with Gasteiger partial charge in [0.05, 0.1) is 19.6 Å². The normalized spacial score (nSPS) is 21.5. The number of piperidine rings is 1. The molecule has 2 heterocycles. The molecule has 0 bridgehead atoms. The molecule has 3 aliphatic rings. The van der Waals surface area contributed by atoms with E-state index < -0.39 is 0 Å². The van der Waals surface area contributed by atoms with Crippen molar-refractivity contribution in [2.75, 3.05) is 38.2 Å². The third-order valence-corrected chi connectivity index (χ3v) is 6.38. The summed E-state index contributed by atoms with van der Waals surface area (Å²) in [6.07, 6.45) is 4.41. The first kappa shape index (κ1) is 17.3. The van der Waals surface area contributed by atoms with Crippen LogP contribution in [-0.4, -0.2) is 50.1 Å². The predicted octanol–water partition coefficient (Wildman–Crippen LogP) is 2.48. The van der Waals surface area contributed by atoms with E-state index in [2.05, 4.69) is 0 Å². The number of esters is 1. The van der Waals surface area contributed by atoms with Gasteiger partial charge >= 0.3 is 5.97 Å². The Morgan fingerprint density at radius 2 is 2.00 bits per heavy atom. The zero-order valence-corrected chi connectivity index (χ0v) is 15.2. The van der Waals surface area contributed by atoms with Gasteiger partial charge in [0.1, 0.15) is 5.82 Å². The monoisotopic (exact) mass is 360 g/mol. The summed E-state index contributed by atoms with van der Waals surface area (Å²) in [7, 11) is 1.40. The Bertz CT molecular complexity index is 724. The number of rotatable bonds is 3. The van der Waals surface area contributed by atoms with Crippen molar-refractivity contribution in [1.29, 1.82) is 0 Å². The summed E-state index contributed by atoms with van der Waals surface area (Å²) < 4.78 is 19.3. The fourth-order valence-corrected chi connectivity index (χ4v) is 4.78. The minimum Gasteiger partial charge on any atom is -0.469 e. The summed E-state index contributed by atoms with van der Waals surface area (Å²) >= 11 is 0. The van der Waals surface area contributed by atoms with E-state index >= 15 is 0 Å². The van der Waals surface area contributed by atoms with Crippen LogP contribution in [0.4, 0.5) is 10.1 Å². The lowest BCUT2D eigenvalue weighted by atomic mass is 9.65. The number of nitrogens with zero attached hydrogens (tertiary/aromatic N) is 2. The summed E-state index contributed by atoms with van der Waals surface area (Å²) in [5, 5.41) is 0. The summed E-state index contributed by atoms with van der Waals surface area (Å²) in [4.78, 5) is 28.3. The maximum absolute atomic E-state index is 14.5. The molecule has 0 N–H and O–H groups in total. The number of benzene rings is 1. The highest BCUT2D eigenvalue weighted by atomic mass is 19.1. The van der Waals surface area contributed by atoms with Gasteiger partial charge in [0.15, 0.2) is 0 Å². The first-order valence-electron chi connectivity index (χ1n) is 9.44. The zero-order chi connectivity index (χ0) is 18.3. The number of amides is 1. The number of ether oxygens (including phenoxy) is 1. The van der Waals surface area contributed by atoms with E-state index in [4.69, 9.17) is 4.74 Å². The van der Waals surface area contributed by atoms with Crippen molar-refractivity contribution >= 4 is 17.6 Å². The molecule has 1 spiro atoms. The maximum Gasteiger partial charge on any atom is 0.308 e. The number of anilines is 1. The molecular weight excluding hydrogens is 335 g/mol. The quantitative estimate of drug-likeness (QED) is 0.777. The van der Waals surface area contributed by atoms with Gasteiger partial charge < -0.3 is 14.5 Å². The van der Waals surface area contributed by atoms with Gasteiger partial charge in [-0.1, -0.05) is 12.5 Å². The number of fused-ring (bicyclic) bond motifs is 2. The summed E-state index contributed by atoms with van der Waals surface area (Å²) in [6.45, 7) is 2.16. The molecule has 1 amide bonds. The Morgan fingerprint density at radius 1 is 1.27 bits per heavy atom.